The molecule has 0 saturated carbocycles. The van der Waals surface area contributed by atoms with E-state index in [9.17, 15) is 18.7 Å². The SMILES string of the molecule is COC1CN(C(C(=O)[O-])c2ccc(F)cc2F)C1.[Li+]. The number of hydrogen-bond acceptors (Lipinski definition) is 4. The molecular formula is C12H12F2LiNO3. The van der Waals surface area contributed by atoms with Gasteiger partial charge in [0.1, 0.15) is 11.6 Å². The predicted octanol–water partition coefficient (Wildman–Crippen LogP) is -2.91. The summed E-state index contributed by atoms with van der Waals surface area (Å²) in [6, 6.07) is 1.61. The topological polar surface area (TPSA) is 52.6 Å². The molecule has 98 valence electrons. The number of carboxylic acid groups (broad SMARTS) is 1. The molecule has 19 heavy (non-hydrogen) atoms. The summed E-state index contributed by atoms with van der Waals surface area (Å²) in [5.74, 6) is -3.04. The van der Waals surface area contributed by atoms with Gasteiger partial charge in [-0.15, -0.1) is 0 Å². The number of carbonyl (C=O) groups excluding carboxylic acids is 1. The first-order valence-electron chi connectivity index (χ1n) is 5.45. The molecule has 7 heteroatoms. The van der Waals surface area contributed by atoms with Crippen LogP contribution in [0.25, 0.3) is 0 Å². The summed E-state index contributed by atoms with van der Waals surface area (Å²) in [5.41, 5.74) is -0.0917. The number of nitrogens with zero attached hydrogens (tertiary/aromatic N) is 1. The van der Waals surface area contributed by atoms with Gasteiger partial charge in [-0.1, -0.05) is 6.07 Å². The van der Waals surface area contributed by atoms with Crippen LogP contribution in [0, 0.1) is 11.6 Å². The van der Waals surface area contributed by atoms with Gasteiger partial charge in [-0.05, 0) is 6.07 Å². The molecule has 0 amide bonds. The molecule has 1 aliphatic heterocycles. The Hall–Kier alpha value is -0.933. The summed E-state index contributed by atoms with van der Waals surface area (Å²) in [5, 5.41) is 11.1. The van der Waals surface area contributed by atoms with Crippen LogP contribution in [0.1, 0.15) is 11.6 Å². The molecule has 1 fully saturated rings. The second kappa shape index (κ2) is 6.48. The molecule has 1 aromatic rings. The first kappa shape index (κ1) is 16.1. The van der Waals surface area contributed by atoms with Crippen LogP contribution in [0.15, 0.2) is 18.2 Å². The first-order chi connectivity index (χ1) is 8.52. The van der Waals surface area contributed by atoms with Crippen LogP contribution in [-0.4, -0.2) is 37.2 Å². The first-order valence-corrected chi connectivity index (χ1v) is 5.45. The zero-order chi connectivity index (χ0) is 13.3. The van der Waals surface area contributed by atoms with Crippen molar-refractivity contribution in [2.75, 3.05) is 20.2 Å². The fraction of sp³-hybridized carbons (Fsp3) is 0.417. The van der Waals surface area contributed by atoms with Crippen molar-refractivity contribution in [1.82, 2.24) is 4.90 Å². The average molecular weight is 263 g/mol. The molecule has 1 aliphatic rings. The Balaban J connectivity index is 0.00000180. The Kier molecular flexibility index (Phi) is 5.50. The molecular weight excluding hydrogens is 251 g/mol. The minimum atomic E-state index is -1.41. The van der Waals surface area contributed by atoms with E-state index in [0.29, 0.717) is 19.2 Å². The zero-order valence-corrected chi connectivity index (χ0v) is 10.7. The molecule has 1 heterocycles. The summed E-state index contributed by atoms with van der Waals surface area (Å²) in [4.78, 5) is 12.6. The predicted molar refractivity (Wildman–Crippen MR) is 56.5 cm³/mol. The molecule has 0 spiro atoms. The summed E-state index contributed by atoms with van der Waals surface area (Å²) < 4.78 is 31.4. The molecule has 1 aromatic carbocycles. The number of methoxy groups -OCH3 is 1. The molecule has 1 atom stereocenters. The van der Waals surface area contributed by atoms with Crippen molar-refractivity contribution in [2.45, 2.75) is 12.1 Å². The quantitative estimate of drug-likeness (QED) is 0.547. The van der Waals surface area contributed by atoms with E-state index in [2.05, 4.69) is 0 Å². The van der Waals surface area contributed by atoms with Crippen molar-refractivity contribution in [2.24, 2.45) is 0 Å². The molecule has 1 unspecified atom stereocenters. The number of carboxylic acids is 1. The Morgan fingerprint density at radius 1 is 1.47 bits per heavy atom. The fourth-order valence-electron chi connectivity index (χ4n) is 2.03. The third kappa shape index (κ3) is 3.34. The van der Waals surface area contributed by atoms with Gasteiger partial charge >= 0.3 is 18.9 Å². The smallest absolute Gasteiger partial charge is 0.548 e. The average Bonchev–Trinajstić information content (AvgIpc) is 2.23. The van der Waals surface area contributed by atoms with E-state index >= 15 is 0 Å². The Labute approximate surface area is 121 Å². The second-order valence-corrected chi connectivity index (χ2v) is 4.20. The maximum Gasteiger partial charge on any atom is 1.00 e. The van der Waals surface area contributed by atoms with Gasteiger partial charge in [-0.3, -0.25) is 4.90 Å². The van der Waals surface area contributed by atoms with Gasteiger partial charge in [0, 0.05) is 31.8 Å². The number of carbonyl (C=O) groups is 1. The summed E-state index contributed by atoms with van der Waals surface area (Å²) in [6.45, 7) is 0.762. The normalized spacial score (nSPS) is 17.4. The van der Waals surface area contributed by atoms with Crippen LogP contribution in [0.5, 0.6) is 0 Å². The maximum absolute atomic E-state index is 13.6. The van der Waals surface area contributed by atoms with E-state index in [0.717, 1.165) is 12.1 Å². The number of likely N-dealkylation sites (tertiary alicyclic amines) is 1. The number of aliphatic carboxylic acids is 1. The van der Waals surface area contributed by atoms with Crippen molar-refractivity contribution in [3.8, 4) is 0 Å². The number of ether oxygens (including phenoxy) is 1. The van der Waals surface area contributed by atoms with Crippen LogP contribution in [0.4, 0.5) is 8.78 Å². The van der Waals surface area contributed by atoms with Crippen LogP contribution in [0.3, 0.4) is 0 Å². The zero-order valence-electron chi connectivity index (χ0n) is 10.7. The standard InChI is InChI=1S/C12H13F2NO3.Li/c1-18-8-5-15(6-8)11(12(16)17)9-3-2-7(13)4-10(9)14;/h2-4,8,11H,5-6H2,1H3,(H,16,17);/q;+1/p-1. The third-order valence-corrected chi connectivity index (χ3v) is 3.06. The number of rotatable bonds is 4. The van der Waals surface area contributed by atoms with E-state index in [-0.39, 0.29) is 30.5 Å². The molecule has 0 aromatic heterocycles. The minimum Gasteiger partial charge on any atom is -0.548 e. The molecule has 0 radical (unpaired) electrons. The van der Waals surface area contributed by atoms with Crippen LogP contribution >= 0.6 is 0 Å². The van der Waals surface area contributed by atoms with Gasteiger partial charge < -0.3 is 14.6 Å². The molecule has 0 aliphatic carbocycles. The van der Waals surface area contributed by atoms with E-state index in [1.54, 1.807) is 0 Å². The van der Waals surface area contributed by atoms with Crippen LogP contribution in [-0.2, 0) is 9.53 Å². The van der Waals surface area contributed by atoms with E-state index in [4.69, 9.17) is 4.74 Å². The molecule has 0 bridgehead atoms. The Bertz CT molecular complexity index is 466. The van der Waals surface area contributed by atoms with E-state index in [1.807, 2.05) is 0 Å². The van der Waals surface area contributed by atoms with Gasteiger partial charge in [0.2, 0.25) is 0 Å². The van der Waals surface area contributed by atoms with Gasteiger partial charge in [0.15, 0.2) is 0 Å². The van der Waals surface area contributed by atoms with E-state index in [1.165, 1.54) is 12.0 Å². The van der Waals surface area contributed by atoms with Crippen LogP contribution < -0.4 is 24.0 Å². The molecule has 1 saturated heterocycles. The van der Waals surface area contributed by atoms with Crippen LogP contribution in [0.2, 0.25) is 0 Å². The van der Waals surface area contributed by atoms with Crippen molar-refractivity contribution < 1.29 is 42.3 Å². The number of halogens is 2. The van der Waals surface area contributed by atoms with Gasteiger partial charge in [0.25, 0.3) is 0 Å². The third-order valence-electron chi connectivity index (χ3n) is 3.06. The van der Waals surface area contributed by atoms with Gasteiger partial charge in [-0.25, -0.2) is 8.78 Å². The fourth-order valence-corrected chi connectivity index (χ4v) is 2.03. The molecule has 0 N–H and O–H groups in total. The minimum absolute atomic E-state index is 0. The Morgan fingerprint density at radius 3 is 2.58 bits per heavy atom. The molecule has 2 rings (SSSR count). The summed E-state index contributed by atoms with van der Waals surface area (Å²) >= 11 is 0. The number of benzene rings is 1. The largest absolute Gasteiger partial charge is 1.00 e. The summed E-state index contributed by atoms with van der Waals surface area (Å²) in [6.07, 6.45) is -0.0599. The maximum atomic E-state index is 13.6. The van der Waals surface area contributed by atoms with E-state index < -0.39 is 23.6 Å². The van der Waals surface area contributed by atoms with Crippen molar-refractivity contribution in [3.63, 3.8) is 0 Å². The monoisotopic (exact) mass is 263 g/mol. The van der Waals surface area contributed by atoms with Crippen molar-refractivity contribution in [3.05, 3.63) is 35.4 Å². The second-order valence-electron chi connectivity index (χ2n) is 4.20. The van der Waals surface area contributed by atoms with Crippen molar-refractivity contribution >= 4 is 5.97 Å². The molecule has 4 nitrogen and oxygen atoms in total. The van der Waals surface area contributed by atoms with Gasteiger partial charge in [0.05, 0.1) is 18.1 Å². The van der Waals surface area contributed by atoms with Gasteiger partial charge in [-0.2, -0.15) is 0 Å². The van der Waals surface area contributed by atoms with Crippen molar-refractivity contribution in [1.29, 1.82) is 0 Å². The summed E-state index contributed by atoms with van der Waals surface area (Å²) in [7, 11) is 1.52. The number of hydrogen-bond donors (Lipinski definition) is 0. The Morgan fingerprint density at radius 2 is 2.11 bits per heavy atom.